The van der Waals surface area contributed by atoms with Gasteiger partial charge < -0.3 is 15.0 Å². The fraction of sp³-hybridized carbons (Fsp3) is 0.567. The molecule has 6 heteroatoms. The summed E-state index contributed by atoms with van der Waals surface area (Å²) in [5.74, 6) is 2.93. The number of carbonyl (C=O) groups is 1. The van der Waals surface area contributed by atoms with Gasteiger partial charge in [0.05, 0.1) is 0 Å². The zero-order valence-corrected chi connectivity index (χ0v) is 21.3. The van der Waals surface area contributed by atoms with Crippen molar-refractivity contribution < 1.29 is 13.9 Å². The van der Waals surface area contributed by atoms with Gasteiger partial charge >= 0.3 is 0 Å². The summed E-state index contributed by atoms with van der Waals surface area (Å²) >= 11 is 0. The van der Waals surface area contributed by atoms with Crippen LogP contribution >= 0.6 is 0 Å². The molecule has 192 valence electrons. The first-order chi connectivity index (χ1) is 17.4. The third-order valence-electron chi connectivity index (χ3n) is 9.03. The smallest absolute Gasteiger partial charge is 0.258 e. The largest absolute Gasteiger partial charge is 0.483 e. The van der Waals surface area contributed by atoms with Crippen molar-refractivity contribution in [3.05, 3.63) is 53.8 Å². The molecule has 2 aromatic carbocycles. The van der Waals surface area contributed by atoms with E-state index >= 15 is 0 Å². The molecule has 0 atom stereocenters. The van der Waals surface area contributed by atoms with Gasteiger partial charge in [-0.1, -0.05) is 18.2 Å². The SMILES string of the molecule is CN1CCN(Cc2cc(-c3ccc(F)cc3)ccc2OCC(=O)NC23CC4CC(CC(C4)C2)C3)CC1. The summed E-state index contributed by atoms with van der Waals surface area (Å²) in [4.78, 5) is 17.9. The minimum absolute atomic E-state index is 0.00426. The maximum Gasteiger partial charge on any atom is 0.258 e. The third-order valence-corrected chi connectivity index (χ3v) is 9.03. The van der Waals surface area contributed by atoms with Crippen LogP contribution in [0.5, 0.6) is 5.75 Å². The number of hydrogen-bond donors (Lipinski definition) is 1. The lowest BCUT2D eigenvalue weighted by Gasteiger charge is -2.56. The van der Waals surface area contributed by atoms with Crippen LogP contribution in [0.4, 0.5) is 4.39 Å². The molecule has 4 aliphatic carbocycles. The number of nitrogens with one attached hydrogen (secondary N) is 1. The summed E-state index contributed by atoms with van der Waals surface area (Å²) in [6, 6.07) is 12.7. The molecule has 1 amide bonds. The van der Waals surface area contributed by atoms with Crippen molar-refractivity contribution in [1.82, 2.24) is 15.1 Å². The quantitative estimate of drug-likeness (QED) is 0.610. The summed E-state index contributed by atoms with van der Waals surface area (Å²) < 4.78 is 19.6. The second-order valence-corrected chi connectivity index (χ2v) is 11.9. The lowest BCUT2D eigenvalue weighted by Crippen LogP contribution is -2.60. The molecule has 0 aromatic heterocycles. The van der Waals surface area contributed by atoms with Crippen LogP contribution in [0.3, 0.4) is 0 Å². The fourth-order valence-electron chi connectivity index (χ4n) is 7.65. The summed E-state index contributed by atoms with van der Waals surface area (Å²) in [7, 11) is 2.16. The molecule has 1 saturated heterocycles. The molecule has 1 heterocycles. The minimum Gasteiger partial charge on any atom is -0.483 e. The van der Waals surface area contributed by atoms with Gasteiger partial charge in [-0.25, -0.2) is 4.39 Å². The Balaban J connectivity index is 1.16. The van der Waals surface area contributed by atoms with Crippen LogP contribution in [0, 0.1) is 23.6 Å². The molecular weight excluding hydrogens is 453 g/mol. The van der Waals surface area contributed by atoms with Crippen LogP contribution in [-0.2, 0) is 11.3 Å². The number of nitrogens with zero attached hydrogens (tertiary/aromatic N) is 2. The number of ether oxygens (including phenoxy) is 1. The van der Waals surface area contributed by atoms with E-state index < -0.39 is 0 Å². The van der Waals surface area contributed by atoms with Gasteiger partial charge in [0.1, 0.15) is 11.6 Å². The second kappa shape index (κ2) is 9.79. The average Bonchev–Trinajstić information content (AvgIpc) is 2.84. The van der Waals surface area contributed by atoms with Crippen molar-refractivity contribution in [2.45, 2.75) is 50.6 Å². The Kier molecular flexibility index (Phi) is 6.51. The van der Waals surface area contributed by atoms with Gasteiger partial charge in [0.25, 0.3) is 5.91 Å². The summed E-state index contributed by atoms with van der Waals surface area (Å²) in [5, 5.41) is 3.43. The molecular formula is C30H38FN3O2. The van der Waals surface area contributed by atoms with Gasteiger partial charge in [-0.05, 0) is 98.7 Å². The number of carbonyl (C=O) groups excluding carboxylic acids is 1. The van der Waals surface area contributed by atoms with Crippen LogP contribution in [0.1, 0.15) is 44.1 Å². The van der Waals surface area contributed by atoms with Gasteiger partial charge in [-0.2, -0.15) is 0 Å². The van der Waals surface area contributed by atoms with Gasteiger partial charge in [-0.3, -0.25) is 9.69 Å². The molecule has 5 fully saturated rings. The van der Waals surface area contributed by atoms with E-state index in [1.807, 2.05) is 24.3 Å². The average molecular weight is 492 g/mol. The van der Waals surface area contributed by atoms with E-state index in [0.717, 1.165) is 92.2 Å². The van der Waals surface area contributed by atoms with Crippen LogP contribution in [-0.4, -0.2) is 61.1 Å². The van der Waals surface area contributed by atoms with Crippen molar-refractivity contribution in [3.8, 4) is 16.9 Å². The molecule has 1 aliphatic heterocycles. The van der Waals surface area contributed by atoms with E-state index in [2.05, 4.69) is 28.2 Å². The lowest BCUT2D eigenvalue weighted by atomic mass is 9.53. The number of piperazine rings is 1. The number of halogens is 1. The molecule has 5 nitrogen and oxygen atoms in total. The standard InChI is InChI=1S/C30H38FN3O2/c1-33-8-10-34(11-9-33)19-26-15-25(24-2-5-27(31)6-3-24)4-7-28(26)36-20-29(35)32-30-16-21-12-22(17-30)14-23(13-21)18-30/h2-7,15,21-23H,8-14,16-20H2,1H3,(H,32,35). The van der Waals surface area contributed by atoms with Gasteiger partial charge in [0.2, 0.25) is 0 Å². The number of hydrogen-bond acceptors (Lipinski definition) is 4. The summed E-state index contributed by atoms with van der Waals surface area (Å²) in [5.41, 5.74) is 3.08. The fourth-order valence-corrected chi connectivity index (χ4v) is 7.65. The Morgan fingerprint density at radius 3 is 2.19 bits per heavy atom. The van der Waals surface area contributed by atoms with Crippen molar-refractivity contribution in [2.24, 2.45) is 17.8 Å². The molecule has 0 spiro atoms. The highest BCUT2D eigenvalue weighted by atomic mass is 19.1. The first-order valence-electron chi connectivity index (χ1n) is 13.7. The van der Waals surface area contributed by atoms with Crippen molar-refractivity contribution >= 4 is 5.91 Å². The number of rotatable bonds is 7. The molecule has 0 unspecified atom stereocenters. The molecule has 0 radical (unpaired) electrons. The summed E-state index contributed by atoms with van der Waals surface area (Å²) in [6.45, 7) is 4.91. The molecule has 2 aromatic rings. The lowest BCUT2D eigenvalue weighted by molar-refractivity contribution is -0.128. The Labute approximate surface area is 214 Å². The zero-order chi connectivity index (χ0) is 24.7. The molecule has 1 N–H and O–H groups in total. The van der Waals surface area contributed by atoms with E-state index in [1.54, 1.807) is 0 Å². The Morgan fingerprint density at radius 2 is 1.56 bits per heavy atom. The van der Waals surface area contributed by atoms with Crippen molar-refractivity contribution in [1.29, 1.82) is 0 Å². The Bertz CT molecular complexity index is 1060. The highest BCUT2D eigenvalue weighted by Gasteiger charge is 2.51. The molecule has 4 bridgehead atoms. The summed E-state index contributed by atoms with van der Waals surface area (Å²) in [6.07, 6.45) is 7.52. The molecule has 5 aliphatic rings. The van der Waals surface area contributed by atoms with E-state index in [1.165, 1.54) is 31.4 Å². The number of benzene rings is 2. The maximum atomic E-state index is 13.5. The topological polar surface area (TPSA) is 44.8 Å². The predicted octanol–water partition coefficient (Wildman–Crippen LogP) is 4.70. The highest BCUT2D eigenvalue weighted by molar-refractivity contribution is 5.78. The molecule has 36 heavy (non-hydrogen) atoms. The minimum atomic E-state index is -0.235. The highest BCUT2D eigenvalue weighted by Crippen LogP contribution is 2.55. The van der Waals surface area contributed by atoms with Crippen LogP contribution in [0.25, 0.3) is 11.1 Å². The predicted molar refractivity (Wildman–Crippen MR) is 139 cm³/mol. The number of amides is 1. The molecule has 7 rings (SSSR count). The Hall–Kier alpha value is -2.44. The Morgan fingerprint density at radius 1 is 0.944 bits per heavy atom. The van der Waals surface area contributed by atoms with E-state index in [9.17, 15) is 9.18 Å². The van der Waals surface area contributed by atoms with Crippen LogP contribution in [0.2, 0.25) is 0 Å². The second-order valence-electron chi connectivity index (χ2n) is 11.9. The first-order valence-corrected chi connectivity index (χ1v) is 13.7. The van der Waals surface area contributed by atoms with Gasteiger partial charge in [0.15, 0.2) is 6.61 Å². The molecule has 4 saturated carbocycles. The number of likely N-dealkylation sites (N-methyl/N-ethyl adjacent to an activating group) is 1. The normalized spacial score (nSPS) is 29.9. The third kappa shape index (κ3) is 5.16. The van der Waals surface area contributed by atoms with Gasteiger partial charge in [0, 0.05) is 43.8 Å². The zero-order valence-electron chi connectivity index (χ0n) is 21.3. The van der Waals surface area contributed by atoms with E-state index in [-0.39, 0.29) is 23.9 Å². The van der Waals surface area contributed by atoms with Crippen molar-refractivity contribution in [2.75, 3.05) is 39.8 Å². The monoisotopic (exact) mass is 491 g/mol. The van der Waals surface area contributed by atoms with E-state index in [4.69, 9.17) is 4.74 Å². The maximum absolute atomic E-state index is 13.5. The van der Waals surface area contributed by atoms with Gasteiger partial charge in [-0.15, -0.1) is 0 Å². The van der Waals surface area contributed by atoms with E-state index in [0.29, 0.717) is 0 Å². The van der Waals surface area contributed by atoms with Crippen molar-refractivity contribution in [3.63, 3.8) is 0 Å². The van der Waals surface area contributed by atoms with Crippen LogP contribution < -0.4 is 10.1 Å². The van der Waals surface area contributed by atoms with Crippen LogP contribution in [0.15, 0.2) is 42.5 Å². The first kappa shape index (κ1) is 23.9.